The van der Waals surface area contributed by atoms with Gasteiger partial charge >= 0.3 is 0 Å². The van der Waals surface area contributed by atoms with Crippen LogP contribution in [0.2, 0.25) is 0 Å². The summed E-state index contributed by atoms with van der Waals surface area (Å²) in [7, 11) is 1.64. The Balaban J connectivity index is 2.31. The fourth-order valence-corrected chi connectivity index (χ4v) is 2.12. The van der Waals surface area contributed by atoms with E-state index in [0.29, 0.717) is 32.0 Å². The first-order valence-electron chi connectivity index (χ1n) is 6.64. The Bertz CT molecular complexity index is 356. The van der Waals surface area contributed by atoms with Gasteiger partial charge in [-0.25, -0.2) is 0 Å². The third-order valence-electron chi connectivity index (χ3n) is 2.97. The zero-order chi connectivity index (χ0) is 13.9. The Morgan fingerprint density at radius 1 is 1.26 bits per heavy atom. The van der Waals surface area contributed by atoms with Crippen molar-refractivity contribution in [2.45, 2.75) is 19.3 Å². The minimum atomic E-state index is 0.161. The Kier molecular flexibility index (Phi) is 8.26. The molecule has 0 bridgehead atoms. The molecule has 0 aromatic heterocycles. The molecule has 0 saturated carbocycles. The van der Waals surface area contributed by atoms with Gasteiger partial charge in [-0.2, -0.15) is 0 Å². The molecule has 0 spiro atoms. The quantitative estimate of drug-likeness (QED) is 0.652. The molecule has 0 saturated heterocycles. The fraction of sp³-hybridized carbons (Fsp3) is 0.533. The molecule has 0 unspecified atom stereocenters. The van der Waals surface area contributed by atoms with E-state index in [1.165, 1.54) is 5.56 Å². The average molecular weight is 284 g/mol. The van der Waals surface area contributed by atoms with E-state index in [-0.39, 0.29) is 5.91 Å². The highest BCUT2D eigenvalue weighted by Crippen LogP contribution is 2.06. The lowest BCUT2D eigenvalue weighted by Crippen LogP contribution is -2.35. The van der Waals surface area contributed by atoms with Crippen LogP contribution in [0.3, 0.4) is 0 Å². The Hall–Kier alpha value is -1.06. The normalized spacial score (nSPS) is 10.4. The van der Waals surface area contributed by atoms with Crippen LogP contribution in [-0.4, -0.2) is 43.5 Å². The topological polar surface area (TPSA) is 29.5 Å². The van der Waals surface area contributed by atoms with Crippen molar-refractivity contribution in [1.29, 1.82) is 0 Å². The van der Waals surface area contributed by atoms with Gasteiger partial charge in [0, 0.05) is 32.5 Å². The van der Waals surface area contributed by atoms with Gasteiger partial charge in [-0.15, -0.1) is 11.6 Å². The number of rotatable bonds is 9. The lowest BCUT2D eigenvalue weighted by Gasteiger charge is -2.21. The van der Waals surface area contributed by atoms with Crippen LogP contribution in [0.15, 0.2) is 30.3 Å². The van der Waals surface area contributed by atoms with E-state index in [1.807, 2.05) is 18.2 Å². The number of amides is 1. The second kappa shape index (κ2) is 9.82. The second-order valence-electron chi connectivity index (χ2n) is 4.40. The lowest BCUT2D eigenvalue weighted by molar-refractivity contribution is -0.131. The molecule has 0 fully saturated rings. The molecule has 0 aliphatic heterocycles. The molecule has 1 rings (SSSR count). The number of carbonyl (C=O) groups is 1. The van der Waals surface area contributed by atoms with Gasteiger partial charge in [0.1, 0.15) is 0 Å². The molecule has 0 atom stereocenters. The predicted molar refractivity (Wildman–Crippen MR) is 78.6 cm³/mol. The van der Waals surface area contributed by atoms with Crippen molar-refractivity contribution < 1.29 is 9.53 Å². The van der Waals surface area contributed by atoms with Gasteiger partial charge in [-0.1, -0.05) is 30.3 Å². The number of nitrogens with zero attached hydrogens (tertiary/aromatic N) is 1. The SMILES string of the molecule is COCCN(CCCl)C(=O)CCCc1ccccc1. The summed E-state index contributed by atoms with van der Waals surface area (Å²) in [4.78, 5) is 13.8. The van der Waals surface area contributed by atoms with Gasteiger partial charge in [0.2, 0.25) is 5.91 Å². The van der Waals surface area contributed by atoms with Crippen molar-refractivity contribution in [3.8, 4) is 0 Å². The highest BCUT2D eigenvalue weighted by atomic mass is 35.5. The molecule has 0 aliphatic carbocycles. The molecular weight excluding hydrogens is 262 g/mol. The molecule has 106 valence electrons. The average Bonchev–Trinajstić information content (AvgIpc) is 2.44. The van der Waals surface area contributed by atoms with E-state index in [4.69, 9.17) is 16.3 Å². The summed E-state index contributed by atoms with van der Waals surface area (Å²) < 4.78 is 5.01. The largest absolute Gasteiger partial charge is 0.383 e. The van der Waals surface area contributed by atoms with Crippen molar-refractivity contribution in [3.05, 3.63) is 35.9 Å². The van der Waals surface area contributed by atoms with Crippen LogP contribution in [0.4, 0.5) is 0 Å². The minimum Gasteiger partial charge on any atom is -0.383 e. The minimum absolute atomic E-state index is 0.161. The number of methoxy groups -OCH3 is 1. The number of ether oxygens (including phenoxy) is 1. The van der Waals surface area contributed by atoms with Gasteiger partial charge < -0.3 is 9.64 Å². The predicted octanol–water partition coefficient (Wildman–Crippen LogP) is 2.72. The number of benzene rings is 1. The summed E-state index contributed by atoms with van der Waals surface area (Å²) in [6, 6.07) is 10.2. The first kappa shape index (κ1) is 16.0. The van der Waals surface area contributed by atoms with Crippen LogP contribution in [0.1, 0.15) is 18.4 Å². The Labute approximate surface area is 120 Å². The molecule has 1 aromatic rings. The number of halogens is 1. The number of hydrogen-bond acceptors (Lipinski definition) is 2. The Morgan fingerprint density at radius 3 is 2.63 bits per heavy atom. The molecule has 1 amide bonds. The molecule has 1 aromatic carbocycles. The summed E-state index contributed by atoms with van der Waals surface area (Å²) in [5, 5.41) is 0. The van der Waals surface area contributed by atoms with Gasteiger partial charge in [-0.05, 0) is 18.4 Å². The standard InChI is InChI=1S/C15H22ClNO2/c1-19-13-12-17(11-10-16)15(18)9-5-8-14-6-3-2-4-7-14/h2-4,6-7H,5,8-13H2,1H3. The van der Waals surface area contributed by atoms with Crippen LogP contribution in [-0.2, 0) is 16.0 Å². The number of hydrogen-bond donors (Lipinski definition) is 0. The number of alkyl halides is 1. The van der Waals surface area contributed by atoms with Crippen molar-refractivity contribution in [3.63, 3.8) is 0 Å². The molecule has 0 N–H and O–H groups in total. The molecular formula is C15H22ClNO2. The van der Waals surface area contributed by atoms with Crippen molar-refractivity contribution >= 4 is 17.5 Å². The van der Waals surface area contributed by atoms with Crippen LogP contribution >= 0.6 is 11.6 Å². The molecule has 4 heteroatoms. The lowest BCUT2D eigenvalue weighted by atomic mass is 10.1. The van der Waals surface area contributed by atoms with Crippen LogP contribution in [0.25, 0.3) is 0 Å². The second-order valence-corrected chi connectivity index (χ2v) is 4.78. The van der Waals surface area contributed by atoms with Crippen LogP contribution in [0.5, 0.6) is 0 Å². The zero-order valence-electron chi connectivity index (χ0n) is 11.5. The maximum atomic E-state index is 12.0. The van der Waals surface area contributed by atoms with E-state index in [0.717, 1.165) is 12.8 Å². The third-order valence-corrected chi connectivity index (χ3v) is 3.14. The summed E-state index contributed by atoms with van der Waals surface area (Å²) >= 11 is 5.71. The highest BCUT2D eigenvalue weighted by Gasteiger charge is 2.12. The number of aryl methyl sites for hydroxylation is 1. The van der Waals surface area contributed by atoms with Crippen molar-refractivity contribution in [1.82, 2.24) is 4.90 Å². The van der Waals surface area contributed by atoms with Gasteiger partial charge in [0.05, 0.1) is 6.61 Å². The van der Waals surface area contributed by atoms with Crippen LogP contribution < -0.4 is 0 Å². The molecule has 0 aliphatic rings. The molecule has 19 heavy (non-hydrogen) atoms. The molecule has 0 radical (unpaired) electrons. The molecule has 0 heterocycles. The molecule has 3 nitrogen and oxygen atoms in total. The van der Waals surface area contributed by atoms with Gasteiger partial charge in [0.15, 0.2) is 0 Å². The Morgan fingerprint density at radius 2 is 2.00 bits per heavy atom. The maximum absolute atomic E-state index is 12.0. The smallest absolute Gasteiger partial charge is 0.222 e. The summed E-state index contributed by atoms with van der Waals surface area (Å²) in [5.74, 6) is 0.627. The van der Waals surface area contributed by atoms with E-state index >= 15 is 0 Å². The van der Waals surface area contributed by atoms with E-state index in [2.05, 4.69) is 12.1 Å². The first-order valence-corrected chi connectivity index (χ1v) is 7.18. The monoisotopic (exact) mass is 283 g/mol. The first-order chi connectivity index (χ1) is 9.27. The van der Waals surface area contributed by atoms with E-state index in [9.17, 15) is 4.79 Å². The van der Waals surface area contributed by atoms with Gasteiger partial charge in [0.25, 0.3) is 0 Å². The zero-order valence-corrected chi connectivity index (χ0v) is 12.2. The summed E-state index contributed by atoms with van der Waals surface area (Å²) in [6.45, 7) is 1.77. The fourth-order valence-electron chi connectivity index (χ4n) is 1.91. The van der Waals surface area contributed by atoms with Crippen LogP contribution in [0, 0.1) is 0 Å². The summed E-state index contributed by atoms with van der Waals surface area (Å²) in [5.41, 5.74) is 1.27. The summed E-state index contributed by atoms with van der Waals surface area (Å²) in [6.07, 6.45) is 2.37. The van der Waals surface area contributed by atoms with Crippen molar-refractivity contribution in [2.24, 2.45) is 0 Å². The van der Waals surface area contributed by atoms with Gasteiger partial charge in [-0.3, -0.25) is 4.79 Å². The highest BCUT2D eigenvalue weighted by molar-refractivity contribution is 6.18. The maximum Gasteiger partial charge on any atom is 0.222 e. The van der Waals surface area contributed by atoms with E-state index < -0.39 is 0 Å². The third kappa shape index (κ3) is 6.60. The number of carbonyl (C=O) groups excluding carboxylic acids is 1. The van der Waals surface area contributed by atoms with E-state index in [1.54, 1.807) is 12.0 Å². The van der Waals surface area contributed by atoms with Crippen molar-refractivity contribution in [2.75, 3.05) is 32.7 Å².